The smallest absolute Gasteiger partial charge is 0.242 e. The zero-order chi connectivity index (χ0) is 18.6. The highest BCUT2D eigenvalue weighted by atomic mass is 16.2. The molecule has 1 aliphatic rings. The molecule has 2 N–H and O–H groups in total. The van der Waals surface area contributed by atoms with E-state index in [9.17, 15) is 9.59 Å². The summed E-state index contributed by atoms with van der Waals surface area (Å²) < 4.78 is 0. The number of benzene rings is 1. The second-order valence-corrected chi connectivity index (χ2v) is 6.98. The van der Waals surface area contributed by atoms with Gasteiger partial charge in [-0.05, 0) is 57.2 Å². The van der Waals surface area contributed by atoms with Gasteiger partial charge in [0.25, 0.3) is 0 Å². The lowest BCUT2D eigenvalue weighted by Gasteiger charge is -2.34. The predicted molar refractivity (Wildman–Crippen MR) is 105 cm³/mol. The molecule has 2 amide bonds. The molecule has 1 atom stereocenters. The molecule has 1 heterocycles. The van der Waals surface area contributed by atoms with E-state index in [1.807, 2.05) is 18.2 Å². The van der Waals surface area contributed by atoms with Crippen molar-refractivity contribution in [3.8, 4) is 0 Å². The maximum atomic E-state index is 12.8. The van der Waals surface area contributed by atoms with Gasteiger partial charge in [0, 0.05) is 19.5 Å². The van der Waals surface area contributed by atoms with E-state index in [0.29, 0.717) is 25.9 Å². The number of nitrogens with zero attached hydrogens (tertiary/aromatic N) is 1. The molecule has 5 heteroatoms. The zero-order valence-corrected chi connectivity index (χ0v) is 16.0. The summed E-state index contributed by atoms with van der Waals surface area (Å²) in [4.78, 5) is 26.9. The molecule has 1 aromatic carbocycles. The number of hydrogen-bond donors (Lipinski definition) is 2. The quantitative estimate of drug-likeness (QED) is 0.597. The van der Waals surface area contributed by atoms with Crippen LogP contribution in [0.3, 0.4) is 0 Å². The lowest BCUT2D eigenvalue weighted by Crippen LogP contribution is -2.51. The summed E-state index contributed by atoms with van der Waals surface area (Å²) in [6.45, 7) is 5.41. The topological polar surface area (TPSA) is 61.4 Å². The van der Waals surface area contributed by atoms with Crippen molar-refractivity contribution in [3.05, 3.63) is 35.9 Å². The number of aryl methyl sites for hydroxylation is 1. The van der Waals surface area contributed by atoms with E-state index >= 15 is 0 Å². The number of amides is 2. The summed E-state index contributed by atoms with van der Waals surface area (Å²) in [5.41, 5.74) is 1.21. The van der Waals surface area contributed by atoms with Crippen LogP contribution in [-0.2, 0) is 16.0 Å². The fraction of sp³-hybridized carbons (Fsp3) is 0.619. The average molecular weight is 360 g/mol. The van der Waals surface area contributed by atoms with Gasteiger partial charge < -0.3 is 15.5 Å². The van der Waals surface area contributed by atoms with Gasteiger partial charge in [-0.15, -0.1) is 0 Å². The number of carbonyl (C=O) groups is 2. The Morgan fingerprint density at radius 2 is 1.96 bits per heavy atom. The van der Waals surface area contributed by atoms with Crippen molar-refractivity contribution in [3.63, 3.8) is 0 Å². The first-order chi connectivity index (χ1) is 12.7. The van der Waals surface area contributed by atoms with Crippen LogP contribution in [0.4, 0.5) is 0 Å². The van der Waals surface area contributed by atoms with Gasteiger partial charge in [0.1, 0.15) is 6.04 Å². The van der Waals surface area contributed by atoms with Crippen molar-refractivity contribution >= 4 is 11.8 Å². The zero-order valence-electron chi connectivity index (χ0n) is 16.0. The molecule has 1 aliphatic heterocycles. The van der Waals surface area contributed by atoms with Crippen molar-refractivity contribution in [2.45, 2.75) is 57.9 Å². The lowest BCUT2D eigenvalue weighted by atomic mass is 10.0. The van der Waals surface area contributed by atoms with Crippen molar-refractivity contribution in [1.29, 1.82) is 0 Å². The number of carbonyl (C=O) groups excluding carboxylic acids is 2. The molecule has 144 valence electrons. The molecule has 2 rings (SSSR count). The third-order valence-electron chi connectivity index (χ3n) is 4.84. The van der Waals surface area contributed by atoms with Gasteiger partial charge in [0.05, 0.1) is 0 Å². The third kappa shape index (κ3) is 6.79. The Bertz CT molecular complexity index is 547. The maximum absolute atomic E-state index is 12.8. The van der Waals surface area contributed by atoms with Crippen molar-refractivity contribution in [2.24, 2.45) is 0 Å². The van der Waals surface area contributed by atoms with E-state index in [2.05, 4.69) is 29.7 Å². The molecule has 0 aromatic heterocycles. The SMILES string of the molecule is CCCNCCCNC(=O)C(CCc1ccccc1)N1CCCCC1=O. The summed E-state index contributed by atoms with van der Waals surface area (Å²) in [7, 11) is 0. The minimum absolute atomic E-state index is 0.00771. The van der Waals surface area contributed by atoms with Gasteiger partial charge in [0.15, 0.2) is 0 Å². The van der Waals surface area contributed by atoms with Crippen LogP contribution in [0.25, 0.3) is 0 Å². The highest BCUT2D eigenvalue weighted by Gasteiger charge is 2.30. The van der Waals surface area contributed by atoms with Crippen LogP contribution in [0.1, 0.15) is 51.0 Å². The molecule has 1 saturated heterocycles. The van der Waals surface area contributed by atoms with Crippen LogP contribution in [0.2, 0.25) is 0 Å². The summed E-state index contributed by atoms with van der Waals surface area (Å²) in [6.07, 6.45) is 6.00. The summed E-state index contributed by atoms with van der Waals surface area (Å²) in [6, 6.07) is 9.82. The molecule has 0 aliphatic carbocycles. The fourth-order valence-corrected chi connectivity index (χ4v) is 3.38. The Morgan fingerprint density at radius 3 is 2.69 bits per heavy atom. The van der Waals surface area contributed by atoms with Crippen LogP contribution in [-0.4, -0.2) is 48.9 Å². The lowest BCUT2D eigenvalue weighted by molar-refractivity contribution is -0.142. The molecule has 26 heavy (non-hydrogen) atoms. The Morgan fingerprint density at radius 1 is 1.15 bits per heavy atom. The van der Waals surface area contributed by atoms with Crippen molar-refractivity contribution < 1.29 is 9.59 Å². The molecule has 0 bridgehead atoms. The monoisotopic (exact) mass is 359 g/mol. The van der Waals surface area contributed by atoms with Crippen LogP contribution in [0.5, 0.6) is 0 Å². The Balaban J connectivity index is 1.88. The standard InChI is InChI=1S/C21H33N3O2/c1-2-14-22-15-8-16-23-21(26)19(24-17-7-6-11-20(24)25)13-12-18-9-4-3-5-10-18/h3-5,9-10,19,22H,2,6-8,11-17H2,1H3,(H,23,26). The predicted octanol–water partition coefficient (Wildman–Crippen LogP) is 2.51. The average Bonchev–Trinajstić information content (AvgIpc) is 2.67. The largest absolute Gasteiger partial charge is 0.354 e. The van der Waals surface area contributed by atoms with Crippen LogP contribution >= 0.6 is 0 Å². The van der Waals surface area contributed by atoms with E-state index < -0.39 is 0 Å². The van der Waals surface area contributed by atoms with E-state index in [0.717, 1.165) is 45.2 Å². The summed E-state index contributed by atoms with van der Waals surface area (Å²) in [5, 5.41) is 6.38. The van der Waals surface area contributed by atoms with Gasteiger partial charge in [-0.1, -0.05) is 37.3 Å². The second-order valence-electron chi connectivity index (χ2n) is 6.98. The highest BCUT2D eigenvalue weighted by Crippen LogP contribution is 2.18. The van der Waals surface area contributed by atoms with E-state index in [-0.39, 0.29) is 17.9 Å². The van der Waals surface area contributed by atoms with Gasteiger partial charge in [-0.3, -0.25) is 9.59 Å². The number of hydrogen-bond acceptors (Lipinski definition) is 3. The summed E-state index contributed by atoms with van der Waals surface area (Å²) >= 11 is 0. The van der Waals surface area contributed by atoms with Gasteiger partial charge in [-0.2, -0.15) is 0 Å². The van der Waals surface area contributed by atoms with Gasteiger partial charge >= 0.3 is 0 Å². The normalized spacial score (nSPS) is 15.7. The van der Waals surface area contributed by atoms with E-state index in [1.165, 1.54) is 5.56 Å². The number of rotatable bonds is 11. The first-order valence-corrected chi connectivity index (χ1v) is 10.0. The fourth-order valence-electron chi connectivity index (χ4n) is 3.38. The molecule has 1 aromatic rings. The molecule has 0 spiro atoms. The maximum Gasteiger partial charge on any atom is 0.242 e. The van der Waals surface area contributed by atoms with E-state index in [4.69, 9.17) is 0 Å². The third-order valence-corrected chi connectivity index (χ3v) is 4.84. The second kappa shape index (κ2) is 11.7. The highest BCUT2D eigenvalue weighted by molar-refractivity contribution is 5.88. The Labute approximate surface area is 157 Å². The number of likely N-dealkylation sites (tertiary alicyclic amines) is 1. The molecular formula is C21H33N3O2. The molecule has 1 unspecified atom stereocenters. The van der Waals surface area contributed by atoms with Crippen LogP contribution in [0.15, 0.2) is 30.3 Å². The number of piperidine rings is 1. The van der Waals surface area contributed by atoms with E-state index in [1.54, 1.807) is 4.90 Å². The molecule has 5 nitrogen and oxygen atoms in total. The van der Waals surface area contributed by atoms with Crippen molar-refractivity contribution in [2.75, 3.05) is 26.2 Å². The minimum atomic E-state index is -0.355. The number of nitrogens with one attached hydrogen (secondary N) is 2. The Hall–Kier alpha value is -1.88. The molecule has 0 radical (unpaired) electrons. The first kappa shape index (κ1) is 20.4. The van der Waals surface area contributed by atoms with Gasteiger partial charge in [-0.25, -0.2) is 0 Å². The minimum Gasteiger partial charge on any atom is -0.354 e. The molecular weight excluding hydrogens is 326 g/mol. The van der Waals surface area contributed by atoms with Crippen LogP contribution < -0.4 is 10.6 Å². The molecule has 1 fully saturated rings. The molecule has 0 saturated carbocycles. The Kier molecular flexibility index (Phi) is 9.18. The van der Waals surface area contributed by atoms with Gasteiger partial charge in [0.2, 0.25) is 11.8 Å². The summed E-state index contributed by atoms with van der Waals surface area (Å²) in [5.74, 6) is 0.112. The first-order valence-electron chi connectivity index (χ1n) is 10.0. The van der Waals surface area contributed by atoms with Crippen LogP contribution in [0, 0.1) is 0 Å². The van der Waals surface area contributed by atoms with Crippen molar-refractivity contribution in [1.82, 2.24) is 15.5 Å².